The highest BCUT2D eigenvalue weighted by Crippen LogP contribution is 2.38. The van der Waals surface area contributed by atoms with Crippen LogP contribution in [0.4, 0.5) is 26.3 Å². The van der Waals surface area contributed by atoms with E-state index in [-0.39, 0.29) is 28.8 Å². The lowest BCUT2D eigenvalue weighted by Gasteiger charge is -2.15. The van der Waals surface area contributed by atoms with E-state index in [0.717, 1.165) is 18.4 Å². The third kappa shape index (κ3) is 7.60. The van der Waals surface area contributed by atoms with Gasteiger partial charge < -0.3 is 5.32 Å². The molecular weight excluding hydrogens is 508 g/mol. The van der Waals surface area contributed by atoms with E-state index < -0.39 is 23.5 Å². The second-order valence-corrected chi connectivity index (χ2v) is 9.07. The van der Waals surface area contributed by atoms with Gasteiger partial charge in [-0.2, -0.15) is 26.3 Å². The highest BCUT2D eigenvalue weighted by atomic mass is 19.4. The topological polar surface area (TPSA) is 46.9 Å². The Kier molecular flexibility index (Phi) is 8.85. The van der Waals surface area contributed by atoms with E-state index in [0.29, 0.717) is 24.4 Å². The Morgan fingerprint density at radius 1 is 0.895 bits per heavy atom. The van der Waals surface area contributed by atoms with Crippen molar-refractivity contribution in [1.29, 1.82) is 0 Å². The maximum absolute atomic E-state index is 13.2. The van der Waals surface area contributed by atoms with Crippen molar-refractivity contribution in [2.45, 2.75) is 46.0 Å². The summed E-state index contributed by atoms with van der Waals surface area (Å²) in [5, 5.41) is 2.80. The first-order valence-electron chi connectivity index (χ1n) is 11.8. The number of allylic oxidation sites excluding steroid dienone is 3. The van der Waals surface area contributed by atoms with Crippen LogP contribution >= 0.6 is 0 Å². The molecule has 10 heteroatoms. The van der Waals surface area contributed by atoms with Crippen LogP contribution in [0.15, 0.2) is 78.3 Å². The Morgan fingerprint density at radius 2 is 1.50 bits per heavy atom. The molecule has 0 bridgehead atoms. The third-order valence-corrected chi connectivity index (χ3v) is 5.74. The predicted octanol–water partition coefficient (Wildman–Crippen LogP) is 8.00. The van der Waals surface area contributed by atoms with Gasteiger partial charge >= 0.3 is 12.4 Å². The first-order valence-corrected chi connectivity index (χ1v) is 11.8. The fourth-order valence-electron chi connectivity index (χ4n) is 3.70. The molecule has 0 atom stereocenters. The number of hydrogen-bond acceptors (Lipinski definition) is 2. The molecule has 0 saturated heterocycles. The van der Waals surface area contributed by atoms with Gasteiger partial charge in [0.1, 0.15) is 5.69 Å². The van der Waals surface area contributed by atoms with Crippen LogP contribution in [0, 0.1) is 0 Å². The van der Waals surface area contributed by atoms with Crippen molar-refractivity contribution in [2.75, 3.05) is 6.54 Å². The number of aromatic nitrogens is 2. The lowest BCUT2D eigenvalue weighted by atomic mass is 9.99. The summed E-state index contributed by atoms with van der Waals surface area (Å²) in [4.78, 5) is 16.7. The molecule has 0 radical (unpaired) electrons. The molecule has 1 amide bonds. The zero-order valence-electron chi connectivity index (χ0n) is 21.0. The van der Waals surface area contributed by atoms with Crippen LogP contribution < -0.4 is 5.32 Å². The molecule has 0 aliphatic rings. The van der Waals surface area contributed by atoms with Crippen molar-refractivity contribution < 1.29 is 31.1 Å². The van der Waals surface area contributed by atoms with Gasteiger partial charge in [-0.1, -0.05) is 35.4 Å². The number of rotatable bonds is 8. The van der Waals surface area contributed by atoms with Gasteiger partial charge in [0, 0.05) is 12.2 Å². The fraction of sp³-hybridized carbons (Fsp3) is 0.286. The van der Waals surface area contributed by atoms with Gasteiger partial charge in [0.25, 0.3) is 5.91 Å². The number of hydrogen-bond donors (Lipinski definition) is 1. The maximum atomic E-state index is 13.2. The second kappa shape index (κ2) is 11.7. The first kappa shape index (κ1) is 28.7. The lowest BCUT2D eigenvalue weighted by molar-refractivity contribution is -0.143. The third-order valence-electron chi connectivity index (χ3n) is 5.74. The average molecular weight is 536 g/mol. The summed E-state index contributed by atoms with van der Waals surface area (Å²) in [6.45, 7) is 6.37. The minimum absolute atomic E-state index is 0.0914. The summed E-state index contributed by atoms with van der Waals surface area (Å²) >= 11 is 0. The monoisotopic (exact) mass is 535 g/mol. The van der Waals surface area contributed by atoms with E-state index in [9.17, 15) is 31.1 Å². The highest BCUT2D eigenvalue weighted by Gasteiger charge is 2.37. The summed E-state index contributed by atoms with van der Waals surface area (Å²) < 4.78 is 80.8. The summed E-state index contributed by atoms with van der Waals surface area (Å²) in [5.41, 5.74) is 0.227. The van der Waals surface area contributed by atoms with E-state index in [1.165, 1.54) is 46.9 Å². The molecule has 2 aromatic carbocycles. The lowest BCUT2D eigenvalue weighted by Crippen LogP contribution is -2.25. The maximum Gasteiger partial charge on any atom is 0.416 e. The quantitative estimate of drug-likeness (QED) is 0.235. The number of benzene rings is 2. The molecule has 38 heavy (non-hydrogen) atoms. The van der Waals surface area contributed by atoms with E-state index in [1.807, 2.05) is 26.8 Å². The smallest absolute Gasteiger partial charge is 0.347 e. The normalized spacial score (nSPS) is 12.4. The minimum Gasteiger partial charge on any atom is -0.347 e. The predicted molar refractivity (Wildman–Crippen MR) is 134 cm³/mol. The molecule has 4 nitrogen and oxygen atoms in total. The SMILES string of the molecule is CC(C)=CCCC(C)=CCNC(=O)c1cncn1-c1ccc(-c2cc(C(F)(F)F)cc(C(F)(F)F)c2)cc1. The van der Waals surface area contributed by atoms with Crippen molar-refractivity contribution in [3.05, 3.63) is 95.1 Å². The molecular formula is C28H27F6N3O. The number of halogens is 6. The van der Waals surface area contributed by atoms with Crippen LogP contribution in [0.2, 0.25) is 0 Å². The van der Waals surface area contributed by atoms with Crippen LogP contribution in [-0.2, 0) is 12.4 Å². The van der Waals surface area contributed by atoms with Gasteiger partial charge in [-0.15, -0.1) is 0 Å². The first-order chi connectivity index (χ1) is 17.8. The number of nitrogens with zero attached hydrogens (tertiary/aromatic N) is 2. The van der Waals surface area contributed by atoms with Crippen molar-refractivity contribution in [3.63, 3.8) is 0 Å². The van der Waals surface area contributed by atoms with Crippen molar-refractivity contribution >= 4 is 5.91 Å². The molecule has 1 N–H and O–H groups in total. The Bertz CT molecular complexity index is 1300. The van der Waals surface area contributed by atoms with E-state index in [1.54, 1.807) is 0 Å². The Hall–Kier alpha value is -3.82. The summed E-state index contributed by atoms with van der Waals surface area (Å²) in [5.74, 6) is -0.382. The molecule has 202 valence electrons. The molecule has 0 fully saturated rings. The van der Waals surface area contributed by atoms with E-state index in [2.05, 4.69) is 16.4 Å². The van der Waals surface area contributed by atoms with Crippen LogP contribution in [0.1, 0.15) is 55.2 Å². The molecule has 0 spiro atoms. The molecule has 0 aliphatic carbocycles. The molecule has 0 saturated carbocycles. The largest absolute Gasteiger partial charge is 0.416 e. The van der Waals surface area contributed by atoms with Gasteiger partial charge in [-0.05, 0) is 75.1 Å². The molecule has 1 heterocycles. The summed E-state index contributed by atoms with van der Waals surface area (Å²) in [6, 6.07) is 7.22. The van der Waals surface area contributed by atoms with E-state index >= 15 is 0 Å². The van der Waals surface area contributed by atoms with Gasteiger partial charge in [0.05, 0.1) is 23.7 Å². The molecule has 0 unspecified atom stereocenters. The van der Waals surface area contributed by atoms with Gasteiger partial charge in [-0.25, -0.2) is 4.98 Å². The number of carbonyl (C=O) groups is 1. The van der Waals surface area contributed by atoms with Gasteiger partial charge in [0.15, 0.2) is 0 Å². The molecule has 3 aromatic rings. The average Bonchev–Trinajstić information content (AvgIpc) is 3.33. The number of imidazole rings is 1. The second-order valence-electron chi connectivity index (χ2n) is 9.07. The summed E-state index contributed by atoms with van der Waals surface area (Å²) in [7, 11) is 0. The molecule has 1 aromatic heterocycles. The zero-order valence-corrected chi connectivity index (χ0v) is 21.0. The van der Waals surface area contributed by atoms with Crippen molar-refractivity contribution in [1.82, 2.24) is 14.9 Å². The zero-order chi connectivity index (χ0) is 28.1. The fourth-order valence-corrected chi connectivity index (χ4v) is 3.70. The van der Waals surface area contributed by atoms with Crippen LogP contribution in [0.5, 0.6) is 0 Å². The standard InChI is InChI=1S/C28H27F6N3O/c1-18(2)5-4-6-19(3)11-12-36-26(38)25-16-35-17-37(25)24-9-7-20(8-10-24)21-13-22(27(29,30)31)15-23(14-21)28(32,33)34/h5,7-11,13-17H,4,6,12H2,1-3H3,(H,36,38). The number of carbonyl (C=O) groups excluding carboxylic acids is 1. The summed E-state index contributed by atoms with van der Waals surface area (Å²) in [6.07, 6.45) is -1.24. The van der Waals surface area contributed by atoms with Gasteiger partial charge in [-0.3, -0.25) is 9.36 Å². The van der Waals surface area contributed by atoms with Crippen LogP contribution in [-0.4, -0.2) is 22.0 Å². The Labute approximate surface area is 216 Å². The minimum atomic E-state index is -4.94. The molecule has 3 rings (SSSR count). The van der Waals surface area contributed by atoms with Crippen LogP contribution in [0.3, 0.4) is 0 Å². The highest BCUT2D eigenvalue weighted by molar-refractivity contribution is 5.93. The Balaban J connectivity index is 1.78. The number of amides is 1. The Morgan fingerprint density at radius 3 is 2.05 bits per heavy atom. The van der Waals surface area contributed by atoms with Crippen molar-refractivity contribution in [2.24, 2.45) is 0 Å². The molecule has 0 aliphatic heterocycles. The van der Waals surface area contributed by atoms with Gasteiger partial charge in [0.2, 0.25) is 0 Å². The van der Waals surface area contributed by atoms with E-state index in [4.69, 9.17) is 0 Å². The number of alkyl halides is 6. The van der Waals surface area contributed by atoms with Crippen LogP contribution in [0.25, 0.3) is 16.8 Å². The van der Waals surface area contributed by atoms with Crippen molar-refractivity contribution in [3.8, 4) is 16.8 Å². The number of nitrogens with one attached hydrogen (secondary N) is 1.